The molecule has 1 aromatic carbocycles. The van der Waals surface area contributed by atoms with Crippen molar-refractivity contribution in [3.8, 4) is 5.75 Å². The molecule has 0 aliphatic carbocycles. The largest absolute Gasteiger partial charge is 0.494 e. The molecule has 1 aromatic heterocycles. The summed E-state index contributed by atoms with van der Waals surface area (Å²) in [4.78, 5) is 3.54. The zero-order valence-corrected chi connectivity index (χ0v) is 9.43. The number of fused-ring (bicyclic) bond motifs is 1. The number of methoxy groups -OCH3 is 1. The number of hydrogen-bond acceptors (Lipinski definition) is 2. The lowest BCUT2D eigenvalue weighted by Crippen LogP contribution is -2.08. The molecule has 0 aliphatic heterocycles. The molecule has 90 valence electrons. The highest BCUT2D eigenvalue weighted by atomic mass is 35.5. The highest BCUT2D eigenvalue weighted by Crippen LogP contribution is 2.35. The van der Waals surface area contributed by atoms with Gasteiger partial charge in [-0.15, -0.1) is 0 Å². The van der Waals surface area contributed by atoms with Gasteiger partial charge in [-0.3, -0.25) is 0 Å². The standard InChI is InChI=1S/C11H7ClF3NO/c1-17-8-4-2-3-6-7(12)5-9(11(13,14)15)16-10(6)8/h2-5H,1H3. The van der Waals surface area contributed by atoms with Gasteiger partial charge in [-0.05, 0) is 12.1 Å². The van der Waals surface area contributed by atoms with Gasteiger partial charge >= 0.3 is 6.18 Å². The van der Waals surface area contributed by atoms with Gasteiger partial charge in [0.1, 0.15) is 17.0 Å². The Morgan fingerprint density at radius 1 is 1.29 bits per heavy atom. The Morgan fingerprint density at radius 3 is 2.59 bits per heavy atom. The van der Waals surface area contributed by atoms with E-state index in [1.807, 2.05) is 0 Å². The minimum absolute atomic E-state index is 0.00113. The number of alkyl halides is 3. The summed E-state index contributed by atoms with van der Waals surface area (Å²) < 4.78 is 42.7. The van der Waals surface area contributed by atoms with Gasteiger partial charge < -0.3 is 4.74 Å². The van der Waals surface area contributed by atoms with E-state index in [1.165, 1.54) is 13.2 Å². The van der Waals surface area contributed by atoms with Crippen molar-refractivity contribution in [1.82, 2.24) is 4.98 Å². The van der Waals surface area contributed by atoms with E-state index >= 15 is 0 Å². The zero-order chi connectivity index (χ0) is 12.6. The van der Waals surface area contributed by atoms with Crippen molar-refractivity contribution in [2.24, 2.45) is 0 Å². The van der Waals surface area contributed by atoms with Gasteiger partial charge in [0.05, 0.1) is 12.1 Å². The second kappa shape index (κ2) is 4.07. The molecule has 0 bridgehead atoms. The average Bonchev–Trinajstić information content (AvgIpc) is 2.27. The monoisotopic (exact) mass is 261 g/mol. The topological polar surface area (TPSA) is 22.1 Å². The van der Waals surface area contributed by atoms with Crippen LogP contribution in [0.3, 0.4) is 0 Å². The summed E-state index contributed by atoms with van der Waals surface area (Å²) in [5.74, 6) is 0.260. The van der Waals surface area contributed by atoms with Crippen LogP contribution in [-0.2, 0) is 6.18 Å². The third kappa shape index (κ3) is 2.15. The minimum Gasteiger partial charge on any atom is -0.494 e. The molecule has 0 N–H and O–H groups in total. The van der Waals surface area contributed by atoms with Gasteiger partial charge in [0.15, 0.2) is 0 Å². The molecule has 2 rings (SSSR count). The predicted molar refractivity (Wildman–Crippen MR) is 58.3 cm³/mol. The van der Waals surface area contributed by atoms with Crippen LogP contribution in [0.15, 0.2) is 24.3 Å². The van der Waals surface area contributed by atoms with Crippen LogP contribution >= 0.6 is 11.6 Å². The van der Waals surface area contributed by atoms with Crippen molar-refractivity contribution < 1.29 is 17.9 Å². The van der Waals surface area contributed by atoms with E-state index in [4.69, 9.17) is 16.3 Å². The minimum atomic E-state index is -4.53. The lowest BCUT2D eigenvalue weighted by atomic mass is 10.2. The molecule has 0 fully saturated rings. The van der Waals surface area contributed by atoms with E-state index in [-0.39, 0.29) is 16.3 Å². The molecular formula is C11H7ClF3NO. The normalized spacial score (nSPS) is 11.8. The van der Waals surface area contributed by atoms with Crippen LogP contribution in [0.25, 0.3) is 10.9 Å². The fourth-order valence-electron chi connectivity index (χ4n) is 1.49. The van der Waals surface area contributed by atoms with Crippen LogP contribution in [0.5, 0.6) is 5.75 Å². The molecule has 1 heterocycles. The molecule has 2 nitrogen and oxygen atoms in total. The predicted octanol–water partition coefficient (Wildman–Crippen LogP) is 3.92. The molecule has 6 heteroatoms. The van der Waals surface area contributed by atoms with Crippen LogP contribution < -0.4 is 4.74 Å². The van der Waals surface area contributed by atoms with Gasteiger partial charge in [-0.1, -0.05) is 23.7 Å². The highest BCUT2D eigenvalue weighted by molar-refractivity contribution is 6.35. The Labute approximate surface area is 100.0 Å². The van der Waals surface area contributed by atoms with E-state index < -0.39 is 11.9 Å². The maximum atomic E-state index is 12.6. The second-order valence-electron chi connectivity index (χ2n) is 3.34. The molecule has 0 saturated carbocycles. The second-order valence-corrected chi connectivity index (χ2v) is 3.75. The third-order valence-corrected chi connectivity index (χ3v) is 2.58. The summed E-state index contributed by atoms with van der Waals surface area (Å²) in [6, 6.07) is 5.57. The summed E-state index contributed by atoms with van der Waals surface area (Å²) in [7, 11) is 1.37. The summed E-state index contributed by atoms with van der Waals surface area (Å²) in [6.45, 7) is 0. The molecule has 0 radical (unpaired) electrons. The Kier molecular flexibility index (Phi) is 2.87. The molecule has 0 atom stereocenters. The van der Waals surface area contributed by atoms with E-state index in [9.17, 15) is 13.2 Å². The Morgan fingerprint density at radius 2 is 2.00 bits per heavy atom. The number of halogens is 4. The molecular weight excluding hydrogens is 255 g/mol. The molecule has 0 spiro atoms. The fraction of sp³-hybridized carbons (Fsp3) is 0.182. The first-order valence-corrected chi connectivity index (χ1v) is 5.01. The first-order chi connectivity index (χ1) is 7.93. The molecule has 17 heavy (non-hydrogen) atoms. The number of para-hydroxylation sites is 1. The molecule has 0 aliphatic rings. The number of ether oxygens (including phenoxy) is 1. The van der Waals surface area contributed by atoms with Crippen LogP contribution in [-0.4, -0.2) is 12.1 Å². The van der Waals surface area contributed by atoms with Gasteiger partial charge in [-0.2, -0.15) is 13.2 Å². The van der Waals surface area contributed by atoms with Gasteiger partial charge in [0.2, 0.25) is 0 Å². The smallest absolute Gasteiger partial charge is 0.433 e. The summed E-state index contributed by atoms with van der Waals surface area (Å²) in [5.41, 5.74) is -0.922. The summed E-state index contributed by atoms with van der Waals surface area (Å²) >= 11 is 5.80. The fourth-order valence-corrected chi connectivity index (χ4v) is 1.75. The van der Waals surface area contributed by atoms with Crippen LogP contribution in [0.4, 0.5) is 13.2 Å². The number of hydrogen-bond donors (Lipinski definition) is 0. The zero-order valence-electron chi connectivity index (χ0n) is 8.68. The Balaban J connectivity index is 2.79. The molecule has 0 saturated heterocycles. The lowest BCUT2D eigenvalue weighted by molar-refractivity contribution is -0.140. The van der Waals surface area contributed by atoms with Crippen molar-refractivity contribution in [3.63, 3.8) is 0 Å². The first-order valence-electron chi connectivity index (χ1n) is 4.64. The summed E-state index contributed by atoms with van der Waals surface area (Å²) in [6.07, 6.45) is -4.53. The number of pyridine rings is 1. The highest BCUT2D eigenvalue weighted by Gasteiger charge is 2.33. The van der Waals surface area contributed by atoms with Crippen molar-refractivity contribution in [1.29, 1.82) is 0 Å². The quantitative estimate of drug-likeness (QED) is 0.776. The van der Waals surface area contributed by atoms with Crippen molar-refractivity contribution >= 4 is 22.5 Å². The van der Waals surface area contributed by atoms with Gasteiger partial charge in [0.25, 0.3) is 0 Å². The Bertz CT molecular complexity index is 568. The average molecular weight is 262 g/mol. The molecule has 2 aromatic rings. The van der Waals surface area contributed by atoms with Crippen molar-refractivity contribution in [2.45, 2.75) is 6.18 Å². The van der Waals surface area contributed by atoms with Crippen LogP contribution in [0.2, 0.25) is 5.02 Å². The maximum Gasteiger partial charge on any atom is 0.433 e. The van der Waals surface area contributed by atoms with E-state index in [0.717, 1.165) is 6.07 Å². The molecule has 0 unspecified atom stereocenters. The van der Waals surface area contributed by atoms with Crippen LogP contribution in [0, 0.1) is 0 Å². The van der Waals surface area contributed by atoms with E-state index in [1.54, 1.807) is 12.1 Å². The number of benzene rings is 1. The van der Waals surface area contributed by atoms with Gasteiger partial charge in [-0.25, -0.2) is 4.98 Å². The number of aromatic nitrogens is 1. The van der Waals surface area contributed by atoms with Crippen molar-refractivity contribution in [3.05, 3.63) is 35.0 Å². The lowest BCUT2D eigenvalue weighted by Gasteiger charge is -2.10. The SMILES string of the molecule is COc1cccc2c(Cl)cc(C(F)(F)F)nc12. The maximum absolute atomic E-state index is 12.6. The van der Waals surface area contributed by atoms with Crippen LogP contribution in [0.1, 0.15) is 5.69 Å². The third-order valence-electron chi connectivity index (χ3n) is 2.26. The van der Waals surface area contributed by atoms with Crippen molar-refractivity contribution in [2.75, 3.05) is 7.11 Å². The Hall–Kier alpha value is -1.49. The van der Waals surface area contributed by atoms with E-state index in [2.05, 4.69) is 4.98 Å². The first kappa shape index (κ1) is 12.0. The number of nitrogens with zero attached hydrogens (tertiary/aromatic N) is 1. The van der Waals surface area contributed by atoms with Gasteiger partial charge in [0, 0.05) is 5.39 Å². The molecule has 0 amide bonds. The van der Waals surface area contributed by atoms with E-state index in [0.29, 0.717) is 5.39 Å². The number of rotatable bonds is 1. The summed E-state index contributed by atoms with van der Waals surface area (Å²) in [5, 5.41) is 0.431.